The molecule has 23 heavy (non-hydrogen) atoms. The molecule has 1 aromatic heterocycles. The van der Waals surface area contributed by atoms with Crippen LogP contribution in [0, 0.1) is 6.92 Å². The molecule has 1 atom stereocenters. The first-order valence-electron chi connectivity index (χ1n) is 7.53. The number of aryl methyl sites for hydroxylation is 1. The van der Waals surface area contributed by atoms with Gasteiger partial charge in [0.1, 0.15) is 11.3 Å². The van der Waals surface area contributed by atoms with Crippen LogP contribution in [-0.4, -0.2) is 37.3 Å². The van der Waals surface area contributed by atoms with E-state index in [-0.39, 0.29) is 24.4 Å². The van der Waals surface area contributed by atoms with Gasteiger partial charge in [-0.25, -0.2) is 4.79 Å². The second-order valence-electron chi connectivity index (χ2n) is 5.14. The Hall–Kier alpha value is -1.72. The van der Waals surface area contributed by atoms with E-state index >= 15 is 0 Å². The Morgan fingerprint density at radius 1 is 1.30 bits per heavy atom. The number of fused-ring (bicyclic) bond motifs is 1. The predicted molar refractivity (Wildman–Crippen MR) is 92.5 cm³/mol. The van der Waals surface area contributed by atoms with Crippen LogP contribution >= 0.6 is 12.4 Å². The lowest BCUT2D eigenvalue weighted by Crippen LogP contribution is -2.36. The Bertz CT molecular complexity index is 664. The lowest BCUT2D eigenvalue weighted by molar-refractivity contribution is -0.0221. The number of carbonyl (C=O) groups is 1. The first-order chi connectivity index (χ1) is 10.5. The van der Waals surface area contributed by atoms with Gasteiger partial charge in [-0.15, -0.1) is 12.4 Å². The van der Waals surface area contributed by atoms with Gasteiger partial charge in [-0.3, -0.25) is 4.90 Å². The van der Waals surface area contributed by atoms with Crippen molar-refractivity contribution in [3.8, 4) is 5.75 Å². The summed E-state index contributed by atoms with van der Waals surface area (Å²) in [6, 6.07) is 5.50. The summed E-state index contributed by atoms with van der Waals surface area (Å²) >= 11 is 0. The molecule has 2 rings (SSSR count). The van der Waals surface area contributed by atoms with E-state index < -0.39 is 5.97 Å². The van der Waals surface area contributed by atoms with Gasteiger partial charge >= 0.3 is 5.97 Å². The quantitative estimate of drug-likeness (QED) is 0.586. The summed E-state index contributed by atoms with van der Waals surface area (Å²) in [4.78, 5) is 14.4. The Kier molecular flexibility index (Phi) is 6.91. The van der Waals surface area contributed by atoms with Crippen LogP contribution in [0.2, 0.25) is 0 Å². The van der Waals surface area contributed by atoms with Crippen molar-refractivity contribution < 1.29 is 18.7 Å². The summed E-state index contributed by atoms with van der Waals surface area (Å²) in [7, 11) is 1.60. The Morgan fingerprint density at radius 3 is 2.52 bits per heavy atom. The number of hydrogen-bond donors (Lipinski definition) is 0. The van der Waals surface area contributed by atoms with Gasteiger partial charge in [-0.1, -0.05) is 13.8 Å². The van der Waals surface area contributed by atoms with Gasteiger partial charge in [0.05, 0.1) is 7.11 Å². The molecule has 0 amide bonds. The summed E-state index contributed by atoms with van der Waals surface area (Å²) in [6.07, 6.45) is -0.287. The van der Waals surface area contributed by atoms with Crippen molar-refractivity contribution in [1.82, 2.24) is 4.90 Å². The summed E-state index contributed by atoms with van der Waals surface area (Å²) in [5.74, 6) is 0.506. The van der Waals surface area contributed by atoms with Crippen molar-refractivity contribution in [2.45, 2.75) is 33.9 Å². The maximum atomic E-state index is 12.4. The average molecular weight is 342 g/mol. The van der Waals surface area contributed by atoms with E-state index in [9.17, 15) is 4.79 Å². The van der Waals surface area contributed by atoms with E-state index in [1.165, 1.54) is 0 Å². The molecule has 0 aliphatic heterocycles. The normalized spacial score (nSPS) is 12.1. The van der Waals surface area contributed by atoms with Gasteiger partial charge in [0.25, 0.3) is 0 Å². The largest absolute Gasteiger partial charge is 0.497 e. The third-order valence-corrected chi connectivity index (χ3v) is 3.93. The molecular weight excluding hydrogens is 318 g/mol. The van der Waals surface area contributed by atoms with Crippen molar-refractivity contribution in [2.75, 3.05) is 20.2 Å². The van der Waals surface area contributed by atoms with Crippen molar-refractivity contribution >= 4 is 29.3 Å². The Labute approximate surface area is 142 Å². The molecule has 0 bridgehead atoms. The summed E-state index contributed by atoms with van der Waals surface area (Å²) < 4.78 is 16.4. The molecule has 6 heteroatoms. The highest BCUT2D eigenvalue weighted by Gasteiger charge is 2.23. The third-order valence-electron chi connectivity index (χ3n) is 3.93. The predicted octanol–water partition coefficient (Wildman–Crippen LogP) is 4.02. The number of carbonyl (C=O) groups excluding carboxylic acids is 1. The van der Waals surface area contributed by atoms with Crippen LogP contribution in [0.1, 0.15) is 36.9 Å². The van der Waals surface area contributed by atoms with Crippen LogP contribution in [0.25, 0.3) is 11.0 Å². The molecule has 0 saturated heterocycles. The van der Waals surface area contributed by atoms with E-state index in [0.717, 1.165) is 24.0 Å². The lowest BCUT2D eigenvalue weighted by atomic mass is 10.1. The highest BCUT2D eigenvalue weighted by Crippen LogP contribution is 2.29. The Balaban J connectivity index is 0.00000264. The van der Waals surface area contributed by atoms with E-state index in [0.29, 0.717) is 11.3 Å². The number of ether oxygens (including phenoxy) is 2. The maximum Gasteiger partial charge on any atom is 0.376 e. The second kappa shape index (κ2) is 8.22. The van der Waals surface area contributed by atoms with Gasteiger partial charge in [0.2, 0.25) is 5.76 Å². The zero-order valence-electron chi connectivity index (χ0n) is 14.2. The zero-order valence-corrected chi connectivity index (χ0v) is 15.0. The number of halogens is 1. The minimum absolute atomic E-state index is 0. The average Bonchev–Trinajstić information content (AvgIpc) is 2.85. The molecule has 0 aliphatic rings. The molecule has 0 aliphatic carbocycles. The molecule has 0 radical (unpaired) electrons. The van der Waals surface area contributed by atoms with Crippen LogP contribution < -0.4 is 4.74 Å². The molecule has 128 valence electrons. The molecule has 0 saturated carbocycles. The number of hydrogen-bond acceptors (Lipinski definition) is 5. The number of methoxy groups -OCH3 is 1. The first kappa shape index (κ1) is 19.3. The van der Waals surface area contributed by atoms with E-state index in [4.69, 9.17) is 13.9 Å². The first-order valence-corrected chi connectivity index (χ1v) is 7.53. The topological polar surface area (TPSA) is 51.9 Å². The number of esters is 1. The van der Waals surface area contributed by atoms with E-state index in [1.54, 1.807) is 13.2 Å². The van der Waals surface area contributed by atoms with Crippen LogP contribution in [-0.2, 0) is 4.74 Å². The lowest BCUT2D eigenvalue weighted by Gasteiger charge is -2.25. The van der Waals surface area contributed by atoms with E-state index in [1.807, 2.05) is 39.8 Å². The standard InChI is InChI=1S/C17H23NO4.ClH/c1-6-18(7-2)12(4)21-17(19)16-11(3)14-9-8-13(20-5)10-15(14)22-16;/h8-10,12H,6-7H2,1-5H3;1H. The number of rotatable bonds is 6. The van der Waals surface area contributed by atoms with Crippen molar-refractivity contribution in [3.05, 3.63) is 29.5 Å². The highest BCUT2D eigenvalue weighted by molar-refractivity contribution is 5.96. The van der Waals surface area contributed by atoms with Gasteiger partial charge in [-0.05, 0) is 39.1 Å². The van der Waals surface area contributed by atoms with E-state index in [2.05, 4.69) is 4.90 Å². The van der Waals surface area contributed by atoms with Crippen LogP contribution in [0.15, 0.2) is 22.6 Å². The van der Waals surface area contributed by atoms with Gasteiger partial charge < -0.3 is 13.9 Å². The molecule has 2 aromatic rings. The van der Waals surface area contributed by atoms with Crippen LogP contribution in [0.3, 0.4) is 0 Å². The molecule has 1 unspecified atom stereocenters. The zero-order chi connectivity index (χ0) is 16.3. The molecule has 1 aromatic carbocycles. The van der Waals surface area contributed by atoms with Crippen LogP contribution in [0.4, 0.5) is 0 Å². The molecule has 0 spiro atoms. The summed E-state index contributed by atoms with van der Waals surface area (Å²) in [6.45, 7) is 9.44. The third kappa shape index (κ3) is 3.98. The number of furan rings is 1. The SMILES string of the molecule is CCN(CC)C(C)OC(=O)c1oc2cc(OC)ccc2c1C.Cl. The molecule has 0 fully saturated rings. The van der Waals surface area contributed by atoms with Crippen molar-refractivity contribution in [2.24, 2.45) is 0 Å². The summed E-state index contributed by atoms with van der Waals surface area (Å²) in [5.41, 5.74) is 1.41. The van der Waals surface area contributed by atoms with Gasteiger partial charge in [0, 0.05) is 17.0 Å². The minimum Gasteiger partial charge on any atom is -0.497 e. The molecule has 5 nitrogen and oxygen atoms in total. The minimum atomic E-state index is -0.438. The molecule has 0 N–H and O–H groups in total. The smallest absolute Gasteiger partial charge is 0.376 e. The van der Waals surface area contributed by atoms with Gasteiger partial charge in [0.15, 0.2) is 6.23 Å². The highest BCUT2D eigenvalue weighted by atomic mass is 35.5. The fourth-order valence-electron chi connectivity index (χ4n) is 2.55. The number of benzene rings is 1. The Morgan fingerprint density at radius 2 is 1.96 bits per heavy atom. The monoisotopic (exact) mass is 341 g/mol. The van der Waals surface area contributed by atoms with Crippen LogP contribution in [0.5, 0.6) is 5.75 Å². The van der Waals surface area contributed by atoms with Gasteiger partial charge in [-0.2, -0.15) is 0 Å². The summed E-state index contributed by atoms with van der Waals surface area (Å²) in [5, 5.41) is 0.892. The fraction of sp³-hybridized carbons (Fsp3) is 0.471. The maximum absolute atomic E-state index is 12.4. The fourth-order valence-corrected chi connectivity index (χ4v) is 2.55. The molecule has 1 heterocycles. The molecular formula is C17H24ClNO4. The van der Waals surface area contributed by atoms with Crippen molar-refractivity contribution in [3.63, 3.8) is 0 Å². The number of nitrogens with zero attached hydrogens (tertiary/aromatic N) is 1. The van der Waals surface area contributed by atoms with Crippen molar-refractivity contribution in [1.29, 1.82) is 0 Å². The second-order valence-corrected chi connectivity index (χ2v) is 5.14.